The second-order valence-electron chi connectivity index (χ2n) is 5.69. The summed E-state index contributed by atoms with van der Waals surface area (Å²) in [6, 6.07) is 1.10. The van der Waals surface area contributed by atoms with E-state index in [0.717, 1.165) is 13.1 Å². The number of amides is 1. The maximum atomic E-state index is 12.1. The molecular weight excluding hydrogens is 200 g/mol. The van der Waals surface area contributed by atoms with Crippen LogP contribution in [0.3, 0.4) is 0 Å². The summed E-state index contributed by atoms with van der Waals surface area (Å²) in [4.78, 5) is 16.5. The molecule has 2 rings (SSSR count). The number of piperazine rings is 1. The summed E-state index contributed by atoms with van der Waals surface area (Å²) in [5.41, 5.74) is -0.219. The van der Waals surface area contributed by atoms with Crippen molar-refractivity contribution < 1.29 is 4.79 Å². The quantitative estimate of drug-likeness (QED) is 0.630. The lowest BCUT2D eigenvalue weighted by molar-refractivity contribution is -0.141. The summed E-state index contributed by atoms with van der Waals surface area (Å²) < 4.78 is 0. The van der Waals surface area contributed by atoms with Crippen LogP contribution >= 0.6 is 0 Å². The number of hydrogen-bond donors (Lipinski definition) is 0. The molecule has 0 spiro atoms. The Hall–Kier alpha value is -0.570. The van der Waals surface area contributed by atoms with Crippen LogP contribution in [0.25, 0.3) is 0 Å². The molecule has 2 atom stereocenters. The Morgan fingerprint density at radius 3 is 2.00 bits per heavy atom. The van der Waals surface area contributed by atoms with Crippen molar-refractivity contribution in [2.75, 3.05) is 20.1 Å². The molecule has 0 radical (unpaired) electrons. The minimum Gasteiger partial charge on any atom is -0.336 e. The summed E-state index contributed by atoms with van der Waals surface area (Å²) >= 11 is 0. The first-order valence-corrected chi connectivity index (χ1v) is 6.41. The van der Waals surface area contributed by atoms with Gasteiger partial charge in [0.05, 0.1) is 0 Å². The van der Waals surface area contributed by atoms with E-state index < -0.39 is 0 Å². The highest BCUT2D eigenvalue weighted by atomic mass is 16.2. The van der Waals surface area contributed by atoms with Gasteiger partial charge in [-0.1, -0.05) is 34.6 Å². The largest absolute Gasteiger partial charge is 0.336 e. The van der Waals surface area contributed by atoms with Crippen molar-refractivity contribution in [2.45, 2.75) is 53.1 Å². The molecule has 3 nitrogen and oxygen atoms in total. The molecule has 2 bridgehead atoms. The predicted molar refractivity (Wildman–Crippen MR) is 67.3 cm³/mol. The molecule has 2 fully saturated rings. The van der Waals surface area contributed by atoms with Crippen molar-refractivity contribution in [1.29, 1.82) is 0 Å². The van der Waals surface area contributed by atoms with Gasteiger partial charge in [-0.3, -0.25) is 9.69 Å². The Bertz CT molecular complexity index is 255. The van der Waals surface area contributed by atoms with Crippen molar-refractivity contribution >= 4 is 5.91 Å². The lowest BCUT2D eigenvalue weighted by Crippen LogP contribution is -2.50. The fourth-order valence-electron chi connectivity index (χ4n) is 2.55. The Balaban J connectivity index is 0.000000606. The number of rotatable bonds is 0. The molecule has 0 saturated carbocycles. The molecule has 0 aromatic carbocycles. The van der Waals surface area contributed by atoms with Crippen LogP contribution in [-0.2, 0) is 4.79 Å². The third-order valence-electron chi connectivity index (χ3n) is 3.42. The summed E-state index contributed by atoms with van der Waals surface area (Å²) in [6.45, 7) is 12.0. The Morgan fingerprint density at radius 2 is 1.69 bits per heavy atom. The van der Waals surface area contributed by atoms with Gasteiger partial charge in [0.15, 0.2) is 0 Å². The summed E-state index contributed by atoms with van der Waals surface area (Å²) in [7, 11) is 2.16. The van der Waals surface area contributed by atoms with Gasteiger partial charge < -0.3 is 4.90 Å². The summed E-state index contributed by atoms with van der Waals surface area (Å²) in [5, 5.41) is 0. The zero-order valence-electron chi connectivity index (χ0n) is 11.6. The van der Waals surface area contributed by atoms with E-state index in [1.807, 2.05) is 34.6 Å². The molecule has 1 amide bonds. The number of fused-ring (bicyclic) bond motifs is 2. The Morgan fingerprint density at radius 1 is 1.12 bits per heavy atom. The van der Waals surface area contributed by atoms with Gasteiger partial charge in [0, 0.05) is 30.6 Å². The van der Waals surface area contributed by atoms with Crippen LogP contribution in [0, 0.1) is 5.41 Å². The van der Waals surface area contributed by atoms with Crippen LogP contribution in [0.2, 0.25) is 0 Å². The van der Waals surface area contributed by atoms with Gasteiger partial charge in [0.2, 0.25) is 5.91 Å². The SMILES string of the molecule is CC.CN1CC2CC1CN2C(=O)C(C)(C)C. The normalized spacial score (nSPS) is 29.0. The Kier molecular flexibility index (Phi) is 4.00. The number of carbonyl (C=O) groups is 1. The molecule has 2 unspecified atom stereocenters. The lowest BCUT2D eigenvalue weighted by Gasteiger charge is -2.35. The van der Waals surface area contributed by atoms with E-state index in [1.54, 1.807) is 0 Å². The molecule has 0 aromatic rings. The van der Waals surface area contributed by atoms with Gasteiger partial charge in [0.25, 0.3) is 0 Å². The van der Waals surface area contributed by atoms with E-state index >= 15 is 0 Å². The fraction of sp³-hybridized carbons (Fsp3) is 0.923. The first-order chi connectivity index (χ1) is 7.39. The van der Waals surface area contributed by atoms with E-state index in [1.165, 1.54) is 6.42 Å². The van der Waals surface area contributed by atoms with Crippen LogP contribution in [0.15, 0.2) is 0 Å². The maximum Gasteiger partial charge on any atom is 0.228 e. The monoisotopic (exact) mass is 226 g/mol. The van der Waals surface area contributed by atoms with Gasteiger partial charge in [-0.15, -0.1) is 0 Å². The molecule has 2 aliphatic heterocycles. The third-order valence-corrected chi connectivity index (χ3v) is 3.42. The van der Waals surface area contributed by atoms with Crippen LogP contribution < -0.4 is 0 Å². The van der Waals surface area contributed by atoms with Gasteiger partial charge in [-0.2, -0.15) is 0 Å². The molecule has 0 aromatic heterocycles. The lowest BCUT2D eigenvalue weighted by atomic mass is 9.94. The van der Waals surface area contributed by atoms with E-state index in [4.69, 9.17) is 0 Å². The standard InChI is InChI=1S/C11H20N2O.C2H6/c1-11(2,3)10(14)13-7-8-5-9(13)6-12(8)4;1-2/h8-9H,5-7H2,1-4H3;1-2H3. The Labute approximate surface area is 99.8 Å². The molecule has 2 aliphatic rings. The molecule has 3 heteroatoms. The van der Waals surface area contributed by atoms with Gasteiger partial charge in [0.1, 0.15) is 0 Å². The molecule has 94 valence electrons. The number of carbonyl (C=O) groups excluding carboxylic acids is 1. The summed E-state index contributed by atoms with van der Waals surface area (Å²) in [6.07, 6.45) is 1.18. The first-order valence-electron chi connectivity index (χ1n) is 6.41. The van der Waals surface area contributed by atoms with E-state index in [9.17, 15) is 4.79 Å². The van der Waals surface area contributed by atoms with Crippen LogP contribution in [0.5, 0.6) is 0 Å². The molecule has 0 aliphatic carbocycles. The molecule has 2 heterocycles. The number of hydrogen-bond acceptors (Lipinski definition) is 2. The van der Waals surface area contributed by atoms with Crippen molar-refractivity contribution in [2.24, 2.45) is 5.41 Å². The molecule has 16 heavy (non-hydrogen) atoms. The highest BCUT2D eigenvalue weighted by molar-refractivity contribution is 5.82. The minimum absolute atomic E-state index is 0.219. The third kappa shape index (κ3) is 2.40. The van der Waals surface area contributed by atoms with E-state index in [-0.39, 0.29) is 5.41 Å². The average molecular weight is 226 g/mol. The number of likely N-dealkylation sites (N-methyl/N-ethyl adjacent to an activating group) is 1. The second kappa shape index (κ2) is 4.74. The fourth-order valence-corrected chi connectivity index (χ4v) is 2.55. The number of nitrogens with zero attached hydrogens (tertiary/aromatic N) is 2. The predicted octanol–water partition coefficient (Wildman–Crippen LogP) is 1.97. The smallest absolute Gasteiger partial charge is 0.228 e. The van der Waals surface area contributed by atoms with E-state index in [2.05, 4.69) is 16.8 Å². The van der Waals surface area contributed by atoms with Crippen molar-refractivity contribution in [3.63, 3.8) is 0 Å². The van der Waals surface area contributed by atoms with E-state index in [0.29, 0.717) is 18.0 Å². The van der Waals surface area contributed by atoms with Crippen molar-refractivity contribution in [3.05, 3.63) is 0 Å². The highest BCUT2D eigenvalue weighted by Gasteiger charge is 2.45. The molecule has 2 saturated heterocycles. The maximum absolute atomic E-state index is 12.1. The van der Waals surface area contributed by atoms with Crippen LogP contribution in [0.1, 0.15) is 41.0 Å². The first kappa shape index (κ1) is 13.5. The topological polar surface area (TPSA) is 23.6 Å². The zero-order chi connectivity index (χ0) is 12.5. The van der Waals surface area contributed by atoms with Crippen LogP contribution in [-0.4, -0.2) is 47.9 Å². The van der Waals surface area contributed by atoms with Gasteiger partial charge in [-0.25, -0.2) is 0 Å². The average Bonchev–Trinajstić information content (AvgIpc) is 2.76. The zero-order valence-corrected chi connectivity index (χ0v) is 11.6. The highest BCUT2D eigenvalue weighted by Crippen LogP contribution is 2.32. The number of likely N-dealkylation sites (tertiary alicyclic amines) is 2. The van der Waals surface area contributed by atoms with Gasteiger partial charge >= 0.3 is 0 Å². The minimum atomic E-state index is -0.219. The molecular formula is C13H26N2O. The second-order valence-corrected chi connectivity index (χ2v) is 5.69. The molecule has 0 N–H and O–H groups in total. The summed E-state index contributed by atoms with van der Waals surface area (Å²) in [5.74, 6) is 0.318. The van der Waals surface area contributed by atoms with Crippen molar-refractivity contribution in [3.8, 4) is 0 Å². The van der Waals surface area contributed by atoms with Crippen molar-refractivity contribution in [1.82, 2.24) is 9.80 Å². The van der Waals surface area contributed by atoms with Crippen LogP contribution in [0.4, 0.5) is 0 Å². The van der Waals surface area contributed by atoms with Gasteiger partial charge in [-0.05, 0) is 13.5 Å².